The molecule has 2 heteroatoms. The van der Waals surface area contributed by atoms with E-state index in [1.165, 1.54) is 5.56 Å². The van der Waals surface area contributed by atoms with Crippen molar-refractivity contribution in [3.8, 4) is 5.75 Å². The van der Waals surface area contributed by atoms with Gasteiger partial charge in [0.2, 0.25) is 0 Å². The van der Waals surface area contributed by atoms with E-state index in [1.807, 2.05) is 26.0 Å². The number of aliphatic hydroxyl groups excluding tert-OH is 1. The first-order valence-corrected chi connectivity index (χ1v) is 6.19. The predicted octanol–water partition coefficient (Wildman–Crippen LogP) is 3.35. The Morgan fingerprint density at radius 3 is 2.12 bits per heavy atom. The van der Waals surface area contributed by atoms with Crippen molar-refractivity contribution in [2.75, 3.05) is 6.61 Å². The minimum Gasteiger partial charge on any atom is -0.508 e. The first kappa shape index (κ1) is 14.0. The average Bonchev–Trinajstić information content (AvgIpc) is 2.29. The Balaban J connectivity index is 3.30. The molecule has 1 rings (SSSR count). The number of rotatable bonds is 4. The van der Waals surface area contributed by atoms with Crippen LogP contribution < -0.4 is 0 Å². The third-order valence-electron chi connectivity index (χ3n) is 3.79. The third-order valence-corrected chi connectivity index (χ3v) is 3.79. The predicted molar refractivity (Wildman–Crippen MR) is 71.5 cm³/mol. The Hall–Kier alpha value is -1.02. The van der Waals surface area contributed by atoms with Crippen LogP contribution in [0.5, 0.6) is 5.75 Å². The summed E-state index contributed by atoms with van der Waals surface area (Å²) in [6, 6.07) is 5.73. The number of hydrogen-bond acceptors (Lipinski definition) is 2. The van der Waals surface area contributed by atoms with Crippen molar-refractivity contribution in [3.63, 3.8) is 0 Å². The molecule has 0 bridgehead atoms. The number of aliphatic hydroxyl groups is 1. The lowest BCUT2D eigenvalue weighted by atomic mass is 9.77. The maximum absolute atomic E-state index is 9.93. The number of phenols is 1. The van der Waals surface area contributed by atoms with E-state index < -0.39 is 5.41 Å². The summed E-state index contributed by atoms with van der Waals surface area (Å²) in [4.78, 5) is 0. The molecular formula is C15H24O2. The topological polar surface area (TPSA) is 40.5 Å². The van der Waals surface area contributed by atoms with Gasteiger partial charge in [0.1, 0.15) is 5.75 Å². The van der Waals surface area contributed by atoms with Crippen LogP contribution in [0.1, 0.15) is 52.2 Å². The summed E-state index contributed by atoms with van der Waals surface area (Å²) in [5.74, 6) is 0.264. The molecule has 0 spiro atoms. The van der Waals surface area contributed by atoms with Crippen LogP contribution in [-0.2, 0) is 10.8 Å². The second-order valence-corrected chi connectivity index (χ2v) is 6.01. The van der Waals surface area contributed by atoms with E-state index in [0.717, 1.165) is 12.0 Å². The Bertz CT molecular complexity index is 392. The summed E-state index contributed by atoms with van der Waals surface area (Å²) >= 11 is 0. The highest BCUT2D eigenvalue weighted by molar-refractivity contribution is 5.43. The molecule has 0 heterocycles. The van der Waals surface area contributed by atoms with E-state index in [4.69, 9.17) is 0 Å². The van der Waals surface area contributed by atoms with Gasteiger partial charge in [-0.25, -0.2) is 0 Å². The minimum absolute atomic E-state index is 0.0244. The Kier molecular flexibility index (Phi) is 3.88. The van der Waals surface area contributed by atoms with E-state index >= 15 is 0 Å². The molecule has 2 N–H and O–H groups in total. The van der Waals surface area contributed by atoms with Crippen molar-refractivity contribution in [1.29, 1.82) is 0 Å². The second kappa shape index (κ2) is 4.69. The maximum atomic E-state index is 9.93. The fourth-order valence-electron chi connectivity index (χ4n) is 1.79. The molecule has 2 nitrogen and oxygen atoms in total. The van der Waals surface area contributed by atoms with Crippen molar-refractivity contribution < 1.29 is 10.2 Å². The molecule has 0 aliphatic rings. The molecule has 0 amide bonds. The van der Waals surface area contributed by atoms with Crippen LogP contribution in [0.3, 0.4) is 0 Å². The number of aromatic hydroxyl groups is 1. The number of benzene rings is 1. The second-order valence-electron chi connectivity index (χ2n) is 6.01. The number of phenolic OH excluding ortho intramolecular Hbond substituents is 1. The van der Waals surface area contributed by atoms with E-state index in [-0.39, 0.29) is 17.8 Å². The van der Waals surface area contributed by atoms with Gasteiger partial charge in [0.15, 0.2) is 0 Å². The summed E-state index contributed by atoms with van der Waals surface area (Å²) in [5, 5.41) is 19.3. The molecule has 17 heavy (non-hydrogen) atoms. The summed E-state index contributed by atoms with van der Waals surface area (Å²) in [7, 11) is 0. The van der Waals surface area contributed by atoms with Crippen LogP contribution in [0.25, 0.3) is 0 Å². The zero-order valence-corrected chi connectivity index (χ0v) is 11.5. The first-order valence-electron chi connectivity index (χ1n) is 6.19. The fraction of sp³-hybridized carbons (Fsp3) is 0.600. The molecule has 0 fully saturated rings. The monoisotopic (exact) mass is 236 g/mol. The minimum atomic E-state index is -0.413. The maximum Gasteiger partial charge on any atom is 0.119 e. The average molecular weight is 236 g/mol. The molecule has 1 aromatic rings. The normalized spacial score (nSPS) is 12.8. The van der Waals surface area contributed by atoms with E-state index in [1.54, 1.807) is 6.07 Å². The van der Waals surface area contributed by atoms with E-state index in [9.17, 15) is 10.2 Å². The highest BCUT2D eigenvalue weighted by atomic mass is 16.3. The van der Waals surface area contributed by atoms with Crippen molar-refractivity contribution in [2.45, 2.75) is 51.9 Å². The van der Waals surface area contributed by atoms with Gasteiger partial charge in [0.05, 0.1) is 6.61 Å². The lowest BCUT2D eigenvalue weighted by Crippen LogP contribution is -2.24. The highest BCUT2D eigenvalue weighted by Gasteiger charge is 2.26. The van der Waals surface area contributed by atoms with Crippen molar-refractivity contribution in [3.05, 3.63) is 29.3 Å². The van der Waals surface area contributed by atoms with Crippen LogP contribution in [0.15, 0.2) is 18.2 Å². The largest absolute Gasteiger partial charge is 0.508 e. The number of hydrogen-bond donors (Lipinski definition) is 2. The van der Waals surface area contributed by atoms with Crippen LogP contribution >= 0.6 is 0 Å². The van der Waals surface area contributed by atoms with Gasteiger partial charge in [0.25, 0.3) is 0 Å². The van der Waals surface area contributed by atoms with Gasteiger partial charge in [-0.05, 0) is 23.5 Å². The molecular weight excluding hydrogens is 212 g/mol. The summed E-state index contributed by atoms with van der Waals surface area (Å²) in [6.45, 7) is 10.4. The molecule has 0 aliphatic carbocycles. The van der Waals surface area contributed by atoms with Gasteiger partial charge in [-0.2, -0.15) is 0 Å². The summed E-state index contributed by atoms with van der Waals surface area (Å²) in [5.41, 5.74) is 1.70. The quantitative estimate of drug-likeness (QED) is 0.841. The van der Waals surface area contributed by atoms with E-state index in [2.05, 4.69) is 20.8 Å². The smallest absolute Gasteiger partial charge is 0.119 e. The Morgan fingerprint density at radius 1 is 1.06 bits per heavy atom. The molecule has 0 aromatic heterocycles. The summed E-state index contributed by atoms with van der Waals surface area (Å²) < 4.78 is 0. The van der Waals surface area contributed by atoms with Crippen molar-refractivity contribution in [2.24, 2.45) is 0 Å². The van der Waals surface area contributed by atoms with Gasteiger partial charge in [-0.15, -0.1) is 0 Å². The lowest BCUT2D eigenvalue weighted by molar-refractivity contribution is 0.215. The third kappa shape index (κ3) is 2.81. The van der Waals surface area contributed by atoms with Gasteiger partial charge in [-0.3, -0.25) is 0 Å². The Labute approximate surface area is 104 Å². The lowest BCUT2D eigenvalue weighted by Gasteiger charge is -2.28. The molecule has 0 saturated heterocycles. The molecule has 0 saturated carbocycles. The van der Waals surface area contributed by atoms with Gasteiger partial charge >= 0.3 is 0 Å². The zero-order valence-electron chi connectivity index (χ0n) is 11.5. The van der Waals surface area contributed by atoms with Crippen molar-refractivity contribution >= 4 is 0 Å². The first-order chi connectivity index (χ1) is 7.74. The Morgan fingerprint density at radius 2 is 1.65 bits per heavy atom. The molecule has 0 unspecified atom stereocenters. The molecule has 0 atom stereocenters. The fourth-order valence-corrected chi connectivity index (χ4v) is 1.79. The van der Waals surface area contributed by atoms with Crippen LogP contribution in [0.2, 0.25) is 0 Å². The van der Waals surface area contributed by atoms with Gasteiger partial charge in [0, 0.05) is 11.0 Å². The summed E-state index contributed by atoms with van der Waals surface area (Å²) in [6.07, 6.45) is 1.04. The molecule has 0 radical (unpaired) electrons. The zero-order chi connectivity index (χ0) is 13.3. The van der Waals surface area contributed by atoms with Crippen LogP contribution in [0, 0.1) is 0 Å². The van der Waals surface area contributed by atoms with Crippen LogP contribution in [0.4, 0.5) is 0 Å². The SMILES string of the molecule is CCC(C)(C)c1ccc(O)c(C(C)(C)CO)c1. The molecule has 0 aliphatic heterocycles. The van der Waals surface area contributed by atoms with Gasteiger partial charge in [-0.1, -0.05) is 46.8 Å². The van der Waals surface area contributed by atoms with Crippen LogP contribution in [-0.4, -0.2) is 16.8 Å². The van der Waals surface area contributed by atoms with Crippen molar-refractivity contribution in [1.82, 2.24) is 0 Å². The molecule has 96 valence electrons. The highest BCUT2D eigenvalue weighted by Crippen LogP contribution is 2.35. The van der Waals surface area contributed by atoms with E-state index in [0.29, 0.717) is 0 Å². The standard InChI is InChI=1S/C15H24O2/c1-6-14(2,3)11-7-8-13(17)12(9-11)15(4,5)10-16/h7-9,16-17H,6,10H2,1-5H3. The molecule has 1 aromatic carbocycles. The van der Waals surface area contributed by atoms with Gasteiger partial charge < -0.3 is 10.2 Å².